The summed E-state index contributed by atoms with van der Waals surface area (Å²) in [5.41, 5.74) is 3.87. The van der Waals surface area contributed by atoms with Crippen LogP contribution in [0.3, 0.4) is 0 Å². The van der Waals surface area contributed by atoms with Crippen molar-refractivity contribution in [2.24, 2.45) is 5.92 Å². The molecule has 2 aromatic rings. The summed E-state index contributed by atoms with van der Waals surface area (Å²) in [4.78, 5) is 57.6. The third kappa shape index (κ3) is 4.38. The molecule has 3 aliphatic rings. The predicted octanol–water partition coefficient (Wildman–Crippen LogP) is 1.29. The van der Waals surface area contributed by atoms with Crippen LogP contribution in [-0.2, 0) is 28.9 Å². The first-order chi connectivity index (χ1) is 16.4. The van der Waals surface area contributed by atoms with Gasteiger partial charge in [-0.05, 0) is 68.7 Å². The predicted molar refractivity (Wildman–Crippen MR) is 123 cm³/mol. The fourth-order valence-electron chi connectivity index (χ4n) is 5.04. The molecule has 2 fully saturated rings. The monoisotopic (exact) mass is 463 g/mol. The topological polar surface area (TPSA) is 116 Å². The Morgan fingerprint density at radius 1 is 1.12 bits per heavy atom. The van der Waals surface area contributed by atoms with Gasteiger partial charge in [-0.15, -0.1) is 0 Å². The first kappa shape index (κ1) is 22.4. The van der Waals surface area contributed by atoms with Gasteiger partial charge in [0, 0.05) is 49.8 Å². The molecule has 0 bridgehead atoms. The van der Waals surface area contributed by atoms with E-state index in [1.807, 2.05) is 13.0 Å². The molecule has 0 unspecified atom stereocenters. The number of carbonyl (C=O) groups is 3. The lowest BCUT2D eigenvalue weighted by molar-refractivity contribution is -0.148. The van der Waals surface area contributed by atoms with E-state index in [0.717, 1.165) is 60.9 Å². The van der Waals surface area contributed by atoms with Crippen LogP contribution >= 0.6 is 0 Å². The van der Waals surface area contributed by atoms with E-state index in [2.05, 4.69) is 15.2 Å². The molecule has 1 atom stereocenters. The molecule has 1 saturated heterocycles. The van der Waals surface area contributed by atoms with Gasteiger partial charge in [-0.25, -0.2) is 5.10 Å². The second-order valence-electron chi connectivity index (χ2n) is 9.63. The third-order valence-corrected chi connectivity index (χ3v) is 7.13. The minimum Gasteiger partial charge on any atom is -0.333 e. The maximum atomic E-state index is 13.2. The van der Waals surface area contributed by atoms with Crippen LogP contribution in [0, 0.1) is 5.92 Å². The molecule has 34 heavy (non-hydrogen) atoms. The van der Waals surface area contributed by atoms with Crippen LogP contribution in [0.15, 0.2) is 23.1 Å². The van der Waals surface area contributed by atoms with Crippen LogP contribution in [0.5, 0.6) is 0 Å². The van der Waals surface area contributed by atoms with Gasteiger partial charge in [0.2, 0.25) is 5.78 Å². The highest BCUT2D eigenvalue weighted by Gasteiger charge is 2.39. The highest BCUT2D eigenvalue weighted by molar-refractivity contribution is 6.37. The zero-order valence-electron chi connectivity index (χ0n) is 19.4. The quantitative estimate of drug-likeness (QED) is 0.668. The van der Waals surface area contributed by atoms with Gasteiger partial charge in [0.05, 0.1) is 5.69 Å². The largest absolute Gasteiger partial charge is 0.333 e. The number of carbonyl (C=O) groups excluding carboxylic acids is 3. The fraction of sp³-hybridized carbons (Fsp3) is 0.520. The summed E-state index contributed by atoms with van der Waals surface area (Å²) in [5, 5.41) is 6.92. The summed E-state index contributed by atoms with van der Waals surface area (Å²) in [6.07, 6.45) is 7.43. The van der Waals surface area contributed by atoms with Gasteiger partial charge in [-0.1, -0.05) is 0 Å². The summed E-state index contributed by atoms with van der Waals surface area (Å²) in [6.45, 7) is 2.95. The Balaban J connectivity index is 1.28. The second-order valence-corrected chi connectivity index (χ2v) is 9.63. The van der Waals surface area contributed by atoms with Gasteiger partial charge in [0.1, 0.15) is 5.69 Å². The van der Waals surface area contributed by atoms with Crippen LogP contribution in [0.2, 0.25) is 0 Å². The van der Waals surface area contributed by atoms with Gasteiger partial charge < -0.3 is 9.80 Å². The number of aromatic amines is 1. The van der Waals surface area contributed by atoms with E-state index in [1.165, 1.54) is 0 Å². The number of piperazine rings is 1. The van der Waals surface area contributed by atoms with Crippen molar-refractivity contribution in [3.05, 3.63) is 56.8 Å². The fourth-order valence-corrected chi connectivity index (χ4v) is 5.04. The zero-order valence-corrected chi connectivity index (χ0v) is 19.4. The molecule has 0 aromatic carbocycles. The Morgan fingerprint density at radius 3 is 2.62 bits per heavy atom. The number of pyridine rings is 1. The van der Waals surface area contributed by atoms with Crippen LogP contribution in [0.1, 0.15) is 65.5 Å². The molecule has 0 radical (unpaired) electrons. The molecule has 5 rings (SSSR count). The smallest absolute Gasteiger partial charge is 0.290 e. The maximum Gasteiger partial charge on any atom is 0.290 e. The lowest BCUT2D eigenvalue weighted by Gasteiger charge is -2.39. The highest BCUT2D eigenvalue weighted by Crippen LogP contribution is 2.31. The Hall–Kier alpha value is -3.36. The number of H-pyrrole nitrogens is 1. The Bertz CT molecular complexity index is 1200. The van der Waals surface area contributed by atoms with Crippen molar-refractivity contribution in [3.63, 3.8) is 0 Å². The van der Waals surface area contributed by atoms with Gasteiger partial charge >= 0.3 is 0 Å². The summed E-state index contributed by atoms with van der Waals surface area (Å²) in [7, 11) is 0. The Labute approximate surface area is 197 Å². The molecule has 1 saturated carbocycles. The standard InChI is InChI=1S/C25H29N5O4/c1-15-14-29(10-11-30(15)25(34)22(31)17-6-7-17)24(33)21-13-16(8-9-26-21)12-20-18-4-2-3-5-19(18)23(32)28-27-20/h8-9,13,15,17H,2-7,10-12,14H2,1H3,(H,28,32)/t15-/m1/s1. The number of hydrogen-bond donors (Lipinski definition) is 1. The van der Waals surface area contributed by atoms with E-state index < -0.39 is 5.91 Å². The van der Waals surface area contributed by atoms with Crippen LogP contribution in [-0.4, -0.2) is 68.3 Å². The van der Waals surface area contributed by atoms with Gasteiger partial charge in [0.25, 0.3) is 17.4 Å². The maximum absolute atomic E-state index is 13.2. The number of Topliss-reactive ketones (excluding diaryl/α,β-unsaturated/α-hetero) is 1. The Kier molecular flexibility index (Phi) is 6.02. The number of nitrogens with zero attached hydrogens (tertiary/aromatic N) is 4. The van der Waals surface area contributed by atoms with E-state index in [4.69, 9.17) is 0 Å². The molecular formula is C25H29N5O4. The van der Waals surface area contributed by atoms with E-state index in [-0.39, 0.29) is 29.2 Å². The average molecular weight is 464 g/mol. The first-order valence-electron chi connectivity index (χ1n) is 12.1. The van der Waals surface area contributed by atoms with Gasteiger partial charge in [-0.2, -0.15) is 5.10 Å². The van der Waals surface area contributed by atoms with E-state index in [0.29, 0.717) is 31.7 Å². The molecule has 3 heterocycles. The minimum atomic E-state index is -0.418. The van der Waals surface area contributed by atoms with Crippen LogP contribution in [0.4, 0.5) is 0 Å². The summed E-state index contributed by atoms with van der Waals surface area (Å²) < 4.78 is 0. The summed E-state index contributed by atoms with van der Waals surface area (Å²) in [6, 6.07) is 3.41. The van der Waals surface area contributed by atoms with E-state index in [1.54, 1.807) is 22.1 Å². The van der Waals surface area contributed by atoms with Crippen molar-refractivity contribution in [2.75, 3.05) is 19.6 Å². The molecule has 9 nitrogen and oxygen atoms in total. The molecule has 1 N–H and O–H groups in total. The van der Waals surface area contributed by atoms with E-state index >= 15 is 0 Å². The molecule has 178 valence electrons. The molecule has 2 aliphatic carbocycles. The summed E-state index contributed by atoms with van der Waals surface area (Å²) in [5.74, 6) is -1.00. The zero-order chi connectivity index (χ0) is 23.8. The SMILES string of the molecule is C[C@@H]1CN(C(=O)c2cc(Cc3n[nH]c(=O)c4c3CCCC4)ccn2)CCN1C(=O)C(=O)C1CC1. The van der Waals surface area contributed by atoms with Gasteiger partial charge in [0.15, 0.2) is 0 Å². The van der Waals surface area contributed by atoms with Crippen LogP contribution < -0.4 is 5.56 Å². The number of ketones is 1. The number of aromatic nitrogens is 3. The molecule has 9 heteroatoms. The minimum absolute atomic E-state index is 0.102. The number of nitrogens with one attached hydrogen (secondary N) is 1. The molecule has 2 aromatic heterocycles. The molecule has 2 amide bonds. The van der Waals surface area contributed by atoms with Crippen molar-refractivity contribution in [1.29, 1.82) is 0 Å². The lowest BCUT2D eigenvalue weighted by atomic mass is 9.90. The average Bonchev–Trinajstić information content (AvgIpc) is 3.70. The second kappa shape index (κ2) is 9.12. The van der Waals surface area contributed by atoms with Gasteiger partial charge in [-0.3, -0.25) is 24.2 Å². The van der Waals surface area contributed by atoms with Crippen molar-refractivity contribution < 1.29 is 14.4 Å². The van der Waals surface area contributed by atoms with Crippen molar-refractivity contribution in [2.45, 2.75) is 57.9 Å². The van der Waals surface area contributed by atoms with E-state index in [9.17, 15) is 19.2 Å². The third-order valence-electron chi connectivity index (χ3n) is 7.13. The van der Waals surface area contributed by atoms with Crippen molar-refractivity contribution >= 4 is 17.6 Å². The normalized spacial score (nSPS) is 20.1. The number of rotatable bonds is 5. The highest BCUT2D eigenvalue weighted by atomic mass is 16.2. The lowest BCUT2D eigenvalue weighted by Crippen LogP contribution is -2.57. The number of fused-ring (bicyclic) bond motifs is 1. The van der Waals surface area contributed by atoms with Crippen molar-refractivity contribution in [1.82, 2.24) is 25.0 Å². The number of amides is 2. The molecular weight excluding hydrogens is 434 g/mol. The first-order valence-corrected chi connectivity index (χ1v) is 12.1. The summed E-state index contributed by atoms with van der Waals surface area (Å²) >= 11 is 0. The van der Waals surface area contributed by atoms with Crippen molar-refractivity contribution in [3.8, 4) is 0 Å². The van der Waals surface area contributed by atoms with Crippen LogP contribution in [0.25, 0.3) is 0 Å². The molecule has 1 aliphatic heterocycles. The molecule has 0 spiro atoms. The Morgan fingerprint density at radius 2 is 1.88 bits per heavy atom. The number of hydrogen-bond acceptors (Lipinski definition) is 6.